The van der Waals surface area contributed by atoms with Gasteiger partial charge in [-0.2, -0.15) is 5.10 Å². The van der Waals surface area contributed by atoms with E-state index in [1.165, 1.54) is 12.8 Å². The smallest absolute Gasteiger partial charge is 0.0956 e. The van der Waals surface area contributed by atoms with Crippen molar-refractivity contribution >= 4 is 0 Å². The van der Waals surface area contributed by atoms with E-state index in [9.17, 15) is 0 Å². The zero-order chi connectivity index (χ0) is 12.8. The van der Waals surface area contributed by atoms with Gasteiger partial charge in [0.2, 0.25) is 0 Å². The second-order valence-electron chi connectivity index (χ2n) is 5.39. The monoisotopic (exact) mass is 245 g/mol. The van der Waals surface area contributed by atoms with Crippen LogP contribution < -0.4 is 5.73 Å². The molecule has 2 aromatic heterocycles. The molecule has 0 aliphatic heterocycles. The van der Waals surface area contributed by atoms with Crippen molar-refractivity contribution in [1.82, 2.24) is 19.3 Å². The fraction of sp³-hybridized carbons (Fsp3) is 0.538. The van der Waals surface area contributed by atoms with E-state index in [0.29, 0.717) is 12.5 Å². The van der Waals surface area contributed by atoms with Crippen LogP contribution in [0.15, 0.2) is 24.9 Å². The Hall–Kier alpha value is -1.62. The van der Waals surface area contributed by atoms with Gasteiger partial charge in [0.05, 0.1) is 30.0 Å². The van der Waals surface area contributed by atoms with E-state index in [2.05, 4.69) is 21.6 Å². The molecule has 2 heterocycles. The number of hydrogen-bond acceptors (Lipinski definition) is 3. The molecule has 0 radical (unpaired) electrons. The summed E-state index contributed by atoms with van der Waals surface area (Å²) in [5.74, 6) is 0.673. The molecular weight excluding hydrogens is 226 g/mol. The largest absolute Gasteiger partial charge is 0.328 e. The predicted octanol–water partition coefficient (Wildman–Crippen LogP) is 1.37. The van der Waals surface area contributed by atoms with Gasteiger partial charge in [0.25, 0.3) is 0 Å². The van der Waals surface area contributed by atoms with Crippen molar-refractivity contribution in [2.45, 2.75) is 25.3 Å². The van der Waals surface area contributed by atoms with Crippen molar-refractivity contribution in [3.05, 3.63) is 24.9 Å². The molecule has 18 heavy (non-hydrogen) atoms. The summed E-state index contributed by atoms with van der Waals surface area (Å²) in [6, 6.07) is 0. The Morgan fingerprint density at radius 3 is 2.78 bits per heavy atom. The van der Waals surface area contributed by atoms with Crippen molar-refractivity contribution in [3.8, 4) is 11.3 Å². The maximum atomic E-state index is 6.02. The van der Waals surface area contributed by atoms with E-state index >= 15 is 0 Å². The maximum absolute atomic E-state index is 6.02. The van der Waals surface area contributed by atoms with Gasteiger partial charge in [0.1, 0.15) is 0 Å². The van der Waals surface area contributed by atoms with Gasteiger partial charge in [-0.05, 0) is 25.7 Å². The highest BCUT2D eigenvalue weighted by atomic mass is 15.2. The summed E-state index contributed by atoms with van der Waals surface area (Å²) in [4.78, 5) is 4.30. The topological polar surface area (TPSA) is 61.7 Å². The Labute approximate surface area is 107 Å². The van der Waals surface area contributed by atoms with Gasteiger partial charge < -0.3 is 10.3 Å². The van der Waals surface area contributed by atoms with E-state index in [0.717, 1.165) is 11.3 Å². The summed E-state index contributed by atoms with van der Waals surface area (Å²) in [7, 11) is 1.92. The van der Waals surface area contributed by atoms with E-state index in [1.54, 1.807) is 0 Å². The van der Waals surface area contributed by atoms with Gasteiger partial charge in [-0.25, -0.2) is 4.98 Å². The number of nitrogens with zero attached hydrogens (tertiary/aromatic N) is 4. The van der Waals surface area contributed by atoms with E-state index in [4.69, 9.17) is 5.73 Å². The van der Waals surface area contributed by atoms with Crippen molar-refractivity contribution in [2.24, 2.45) is 18.7 Å². The van der Waals surface area contributed by atoms with E-state index < -0.39 is 0 Å². The number of hydrogen-bond donors (Lipinski definition) is 1. The highest BCUT2D eigenvalue weighted by molar-refractivity contribution is 5.57. The fourth-order valence-electron chi connectivity index (χ4n) is 2.64. The predicted molar refractivity (Wildman–Crippen MR) is 69.9 cm³/mol. The average Bonchev–Trinajstić information content (AvgIpc) is 2.95. The van der Waals surface area contributed by atoms with Gasteiger partial charge in [-0.3, -0.25) is 4.68 Å². The zero-order valence-electron chi connectivity index (χ0n) is 10.9. The van der Waals surface area contributed by atoms with Crippen molar-refractivity contribution in [2.75, 3.05) is 6.54 Å². The average molecular weight is 245 g/mol. The van der Waals surface area contributed by atoms with Crippen molar-refractivity contribution in [3.63, 3.8) is 0 Å². The highest BCUT2D eigenvalue weighted by Gasteiger charge is 2.42. The Bertz CT molecular complexity index is 551. The molecule has 0 spiro atoms. The van der Waals surface area contributed by atoms with Crippen LogP contribution in [0.4, 0.5) is 0 Å². The van der Waals surface area contributed by atoms with Crippen LogP contribution in [0.3, 0.4) is 0 Å². The van der Waals surface area contributed by atoms with Crippen LogP contribution in [0, 0.1) is 5.92 Å². The molecule has 0 aromatic carbocycles. The summed E-state index contributed by atoms with van der Waals surface area (Å²) in [5, 5.41) is 4.23. The number of aryl methyl sites for hydroxylation is 1. The minimum Gasteiger partial charge on any atom is -0.328 e. The first-order valence-corrected chi connectivity index (χ1v) is 6.37. The molecule has 2 N–H and O–H groups in total. The molecule has 0 bridgehead atoms. The van der Waals surface area contributed by atoms with E-state index in [-0.39, 0.29) is 5.54 Å². The van der Waals surface area contributed by atoms with Gasteiger partial charge in [0.15, 0.2) is 0 Å². The zero-order valence-corrected chi connectivity index (χ0v) is 10.9. The van der Waals surface area contributed by atoms with Crippen LogP contribution >= 0.6 is 0 Å². The van der Waals surface area contributed by atoms with Crippen LogP contribution in [-0.2, 0) is 12.6 Å². The Balaban J connectivity index is 2.05. The first-order valence-electron chi connectivity index (χ1n) is 6.37. The normalized spacial score (nSPS) is 18.8. The highest BCUT2D eigenvalue weighted by Crippen LogP contribution is 2.45. The Morgan fingerprint density at radius 1 is 1.44 bits per heavy atom. The summed E-state index contributed by atoms with van der Waals surface area (Å²) >= 11 is 0. The minimum atomic E-state index is -0.0261. The third kappa shape index (κ3) is 1.66. The second-order valence-corrected chi connectivity index (χ2v) is 5.39. The van der Waals surface area contributed by atoms with Crippen LogP contribution in [0.25, 0.3) is 11.3 Å². The van der Waals surface area contributed by atoms with Crippen molar-refractivity contribution < 1.29 is 0 Å². The molecule has 3 rings (SSSR count). The summed E-state index contributed by atoms with van der Waals surface area (Å²) in [5.41, 5.74) is 8.19. The van der Waals surface area contributed by atoms with E-state index in [1.807, 2.05) is 36.6 Å². The number of nitrogens with two attached hydrogens (primary N) is 1. The molecule has 1 aliphatic rings. The lowest BCUT2D eigenvalue weighted by Crippen LogP contribution is -2.40. The number of rotatable bonds is 4. The van der Waals surface area contributed by atoms with Gasteiger partial charge in [-0.15, -0.1) is 0 Å². The SMILES string of the molecule is Cn1cc(-c2cncn2C(C)(CN)C2CC2)cn1. The summed E-state index contributed by atoms with van der Waals surface area (Å²) in [6.07, 6.45) is 10.2. The van der Waals surface area contributed by atoms with Crippen LogP contribution in [0.2, 0.25) is 0 Å². The summed E-state index contributed by atoms with van der Waals surface area (Å²) in [6.45, 7) is 2.87. The molecule has 0 saturated heterocycles. The number of aromatic nitrogens is 4. The Morgan fingerprint density at radius 2 is 2.22 bits per heavy atom. The fourth-order valence-corrected chi connectivity index (χ4v) is 2.64. The molecule has 1 saturated carbocycles. The summed E-state index contributed by atoms with van der Waals surface area (Å²) < 4.78 is 4.03. The van der Waals surface area contributed by atoms with Crippen LogP contribution in [0.5, 0.6) is 0 Å². The molecule has 1 unspecified atom stereocenters. The third-order valence-electron chi connectivity index (χ3n) is 4.06. The van der Waals surface area contributed by atoms with Gasteiger partial charge in [0, 0.05) is 25.4 Å². The Kier molecular flexibility index (Phi) is 2.52. The lowest BCUT2D eigenvalue weighted by Gasteiger charge is -2.31. The molecule has 96 valence electrons. The van der Waals surface area contributed by atoms with Crippen LogP contribution in [0.1, 0.15) is 19.8 Å². The maximum Gasteiger partial charge on any atom is 0.0956 e. The molecule has 1 fully saturated rings. The molecule has 1 atom stereocenters. The second kappa shape index (κ2) is 3.95. The van der Waals surface area contributed by atoms with Gasteiger partial charge in [-0.1, -0.05) is 0 Å². The van der Waals surface area contributed by atoms with Gasteiger partial charge >= 0.3 is 0 Å². The molecule has 1 aliphatic carbocycles. The molecule has 2 aromatic rings. The molecule has 5 heteroatoms. The minimum absolute atomic E-state index is 0.0261. The first kappa shape index (κ1) is 11.5. The molecular formula is C13H19N5. The molecule has 0 amide bonds. The first-order chi connectivity index (χ1) is 8.65. The van der Waals surface area contributed by atoms with Crippen molar-refractivity contribution in [1.29, 1.82) is 0 Å². The van der Waals surface area contributed by atoms with Crippen LogP contribution in [-0.4, -0.2) is 25.9 Å². The lowest BCUT2D eigenvalue weighted by molar-refractivity contribution is 0.284. The standard InChI is InChI=1S/C13H19N5/c1-13(8-14,11-3-4-11)18-9-15-6-12(18)10-5-16-17(2)7-10/h5-7,9,11H,3-4,8,14H2,1-2H3. The lowest BCUT2D eigenvalue weighted by atomic mass is 9.95. The third-order valence-corrected chi connectivity index (χ3v) is 4.06. The molecule has 5 nitrogen and oxygen atoms in total. The quantitative estimate of drug-likeness (QED) is 0.885. The number of imidazole rings is 1.